The van der Waals surface area contributed by atoms with Crippen LogP contribution in [0, 0.1) is 0 Å². The minimum Gasteiger partial charge on any atom is -0.377 e. The smallest absolute Gasteiger partial charge is 0.0692 e. The second kappa shape index (κ2) is 6.19. The van der Waals surface area contributed by atoms with Crippen LogP contribution < -0.4 is 0 Å². The molecule has 1 aliphatic carbocycles. The summed E-state index contributed by atoms with van der Waals surface area (Å²) in [6.07, 6.45) is 8.45. The summed E-state index contributed by atoms with van der Waals surface area (Å²) in [4.78, 5) is 0. The van der Waals surface area contributed by atoms with Crippen molar-refractivity contribution < 1.29 is 4.74 Å². The average molecular weight is 282 g/mol. The third-order valence-corrected chi connectivity index (χ3v) is 3.88. The number of halogens is 1. The minimum atomic E-state index is 0.572. The Kier molecular flexibility index (Phi) is 5.56. The predicted octanol–water partition coefficient (Wildman–Crippen LogP) is 3.55. The van der Waals surface area contributed by atoms with Crippen LogP contribution in [0.3, 0.4) is 0 Å². The van der Waals surface area contributed by atoms with E-state index in [0.717, 1.165) is 10.5 Å². The molecule has 2 atom stereocenters. The van der Waals surface area contributed by atoms with Crippen molar-refractivity contribution in [1.29, 1.82) is 0 Å². The lowest BCUT2D eigenvalue weighted by molar-refractivity contribution is 0.0616. The van der Waals surface area contributed by atoms with E-state index in [4.69, 9.17) is 4.74 Å². The van der Waals surface area contributed by atoms with Crippen LogP contribution in [-0.2, 0) is 4.74 Å². The first-order chi connectivity index (χ1) is 5.84. The topological polar surface area (TPSA) is 9.23 Å². The number of ether oxygens (including phenoxy) is 1. The van der Waals surface area contributed by atoms with Gasteiger partial charge in [0.2, 0.25) is 0 Å². The van der Waals surface area contributed by atoms with E-state index in [0.29, 0.717) is 6.10 Å². The van der Waals surface area contributed by atoms with E-state index in [9.17, 15) is 0 Å². The maximum Gasteiger partial charge on any atom is 0.0692 e. The molecule has 1 fully saturated rings. The second-order valence-electron chi connectivity index (χ2n) is 3.56. The van der Waals surface area contributed by atoms with Crippen LogP contribution in [0.25, 0.3) is 0 Å². The van der Waals surface area contributed by atoms with Gasteiger partial charge in [-0.2, -0.15) is 0 Å². The lowest BCUT2D eigenvalue weighted by atomic mass is 10.2. The molecule has 1 aliphatic rings. The number of hydrogen-bond donors (Lipinski definition) is 0. The Balaban J connectivity index is 1.98. The van der Waals surface area contributed by atoms with Gasteiger partial charge >= 0.3 is 0 Å². The number of unbranched alkanes of at least 4 members (excludes halogenated alkanes) is 2. The van der Waals surface area contributed by atoms with Crippen molar-refractivity contribution in [2.24, 2.45) is 0 Å². The third kappa shape index (κ3) is 3.60. The van der Waals surface area contributed by atoms with Crippen LogP contribution in [0.1, 0.15) is 45.4 Å². The highest BCUT2D eigenvalue weighted by molar-refractivity contribution is 14.1. The van der Waals surface area contributed by atoms with Gasteiger partial charge in [-0.15, -0.1) is 0 Å². The van der Waals surface area contributed by atoms with Crippen LogP contribution in [-0.4, -0.2) is 16.6 Å². The fourth-order valence-corrected chi connectivity index (χ4v) is 2.66. The van der Waals surface area contributed by atoms with Crippen molar-refractivity contribution in [3.63, 3.8) is 0 Å². The number of rotatable bonds is 5. The summed E-state index contributed by atoms with van der Waals surface area (Å²) >= 11 is 2.53. The molecule has 0 heterocycles. The highest BCUT2D eigenvalue weighted by atomic mass is 127. The Labute approximate surface area is 89.4 Å². The zero-order valence-electron chi connectivity index (χ0n) is 7.89. The summed E-state index contributed by atoms with van der Waals surface area (Å²) in [5, 5.41) is 0. The minimum absolute atomic E-state index is 0.572. The molecule has 0 N–H and O–H groups in total. The van der Waals surface area contributed by atoms with Gasteiger partial charge in [-0.1, -0.05) is 42.4 Å². The maximum absolute atomic E-state index is 5.81. The molecule has 0 aliphatic heterocycles. The number of alkyl halides is 1. The molecule has 2 unspecified atom stereocenters. The van der Waals surface area contributed by atoms with E-state index in [1.54, 1.807) is 0 Å². The standard InChI is InChI=1S/C10H19IO/c1-2-3-4-8-12-10-7-5-6-9(10)11/h9-10H,2-8H2,1H3. The fraction of sp³-hybridized carbons (Fsp3) is 1.00. The van der Waals surface area contributed by atoms with Gasteiger partial charge in [0.15, 0.2) is 0 Å². The Bertz CT molecular complexity index is 116. The lowest BCUT2D eigenvalue weighted by Crippen LogP contribution is -2.18. The molecule has 0 aromatic rings. The summed E-state index contributed by atoms with van der Waals surface area (Å²) in [5.41, 5.74) is 0. The van der Waals surface area contributed by atoms with Gasteiger partial charge in [0.1, 0.15) is 0 Å². The molecule has 1 nitrogen and oxygen atoms in total. The van der Waals surface area contributed by atoms with Gasteiger partial charge in [0, 0.05) is 10.5 Å². The summed E-state index contributed by atoms with van der Waals surface area (Å²) in [5.74, 6) is 0. The highest BCUT2D eigenvalue weighted by Crippen LogP contribution is 2.28. The normalized spacial score (nSPS) is 29.5. The van der Waals surface area contributed by atoms with Gasteiger partial charge in [-0.05, 0) is 25.7 Å². The van der Waals surface area contributed by atoms with Crippen LogP contribution >= 0.6 is 22.6 Å². The van der Waals surface area contributed by atoms with Crippen molar-refractivity contribution in [3.8, 4) is 0 Å². The quantitative estimate of drug-likeness (QED) is 0.425. The van der Waals surface area contributed by atoms with Crippen LogP contribution in [0.4, 0.5) is 0 Å². The number of hydrogen-bond acceptors (Lipinski definition) is 1. The van der Waals surface area contributed by atoms with Crippen LogP contribution in [0.15, 0.2) is 0 Å². The van der Waals surface area contributed by atoms with Gasteiger partial charge in [0.05, 0.1) is 6.10 Å². The first-order valence-corrected chi connectivity index (χ1v) is 6.35. The van der Waals surface area contributed by atoms with Crippen molar-refractivity contribution in [2.45, 2.75) is 55.5 Å². The Hall–Kier alpha value is 0.690. The third-order valence-electron chi connectivity index (χ3n) is 2.45. The molecule has 0 radical (unpaired) electrons. The molecule has 0 aromatic heterocycles. The molecule has 1 saturated carbocycles. The lowest BCUT2D eigenvalue weighted by Gasteiger charge is -2.14. The molecule has 0 amide bonds. The van der Waals surface area contributed by atoms with E-state index in [1.807, 2.05) is 0 Å². The SMILES string of the molecule is CCCCCOC1CCCC1I. The summed E-state index contributed by atoms with van der Waals surface area (Å²) in [7, 11) is 0. The summed E-state index contributed by atoms with van der Waals surface area (Å²) < 4.78 is 6.59. The summed E-state index contributed by atoms with van der Waals surface area (Å²) in [6.45, 7) is 3.22. The summed E-state index contributed by atoms with van der Waals surface area (Å²) in [6, 6.07) is 0. The molecule has 2 heteroatoms. The zero-order chi connectivity index (χ0) is 8.81. The Morgan fingerprint density at radius 1 is 1.33 bits per heavy atom. The first kappa shape index (κ1) is 10.8. The molecular formula is C10H19IO. The van der Waals surface area contributed by atoms with Crippen molar-refractivity contribution in [3.05, 3.63) is 0 Å². The van der Waals surface area contributed by atoms with Gasteiger partial charge in [-0.25, -0.2) is 0 Å². The molecule has 0 saturated heterocycles. The molecule has 0 spiro atoms. The van der Waals surface area contributed by atoms with Crippen molar-refractivity contribution in [1.82, 2.24) is 0 Å². The first-order valence-electron chi connectivity index (χ1n) is 5.10. The van der Waals surface area contributed by atoms with E-state index in [-0.39, 0.29) is 0 Å². The van der Waals surface area contributed by atoms with Crippen LogP contribution in [0.2, 0.25) is 0 Å². The van der Waals surface area contributed by atoms with Crippen LogP contribution in [0.5, 0.6) is 0 Å². The maximum atomic E-state index is 5.81. The second-order valence-corrected chi connectivity index (χ2v) is 5.16. The molecule has 0 bridgehead atoms. The highest BCUT2D eigenvalue weighted by Gasteiger charge is 2.24. The molecule has 1 rings (SSSR count). The Morgan fingerprint density at radius 3 is 2.75 bits per heavy atom. The van der Waals surface area contributed by atoms with Gasteiger partial charge < -0.3 is 4.74 Å². The molecular weight excluding hydrogens is 263 g/mol. The monoisotopic (exact) mass is 282 g/mol. The Morgan fingerprint density at radius 2 is 2.17 bits per heavy atom. The molecule has 12 heavy (non-hydrogen) atoms. The van der Waals surface area contributed by atoms with Gasteiger partial charge in [0.25, 0.3) is 0 Å². The van der Waals surface area contributed by atoms with E-state index in [1.165, 1.54) is 38.5 Å². The zero-order valence-corrected chi connectivity index (χ0v) is 10.0. The van der Waals surface area contributed by atoms with Gasteiger partial charge in [-0.3, -0.25) is 0 Å². The fourth-order valence-electron chi connectivity index (χ4n) is 1.66. The molecule has 0 aromatic carbocycles. The van der Waals surface area contributed by atoms with E-state index < -0.39 is 0 Å². The van der Waals surface area contributed by atoms with Crippen molar-refractivity contribution in [2.75, 3.05) is 6.61 Å². The average Bonchev–Trinajstić information content (AvgIpc) is 2.46. The van der Waals surface area contributed by atoms with Crippen molar-refractivity contribution >= 4 is 22.6 Å². The largest absolute Gasteiger partial charge is 0.377 e. The predicted molar refractivity (Wildman–Crippen MR) is 60.9 cm³/mol. The van der Waals surface area contributed by atoms with E-state index >= 15 is 0 Å². The van der Waals surface area contributed by atoms with E-state index in [2.05, 4.69) is 29.5 Å². The molecule has 72 valence electrons.